The number of carbonyl (C=O) groups excluding carboxylic acids is 1. The van der Waals surface area contributed by atoms with Crippen LogP contribution in [0.4, 0.5) is 5.69 Å². The molecule has 1 saturated heterocycles. The van der Waals surface area contributed by atoms with E-state index in [1.165, 1.54) is 0 Å². The molecule has 0 radical (unpaired) electrons. The monoisotopic (exact) mass is 345 g/mol. The smallest absolute Gasteiger partial charge is 0.217 e. The molecule has 1 aromatic carbocycles. The van der Waals surface area contributed by atoms with Crippen LogP contribution in [0.3, 0.4) is 0 Å². The minimum Gasteiger partial charge on any atom is -0.385 e. The first-order valence-electron chi connectivity index (χ1n) is 9.29. The van der Waals surface area contributed by atoms with Gasteiger partial charge in [0.25, 0.3) is 0 Å². The summed E-state index contributed by atoms with van der Waals surface area (Å²) in [5.41, 5.74) is 6.50. The Balaban J connectivity index is 1.79. The fraction of sp³-hybridized carbons (Fsp3) is 0.579. The topological polar surface area (TPSA) is 82.8 Å². The van der Waals surface area contributed by atoms with Crippen LogP contribution in [0.15, 0.2) is 35.3 Å². The Morgan fingerprint density at radius 3 is 2.88 bits per heavy atom. The van der Waals surface area contributed by atoms with Gasteiger partial charge in [-0.1, -0.05) is 18.2 Å². The average Bonchev–Trinajstić information content (AvgIpc) is 2.61. The summed E-state index contributed by atoms with van der Waals surface area (Å²) in [5, 5.41) is 6.78. The van der Waals surface area contributed by atoms with E-state index in [-0.39, 0.29) is 5.91 Å². The summed E-state index contributed by atoms with van der Waals surface area (Å²) in [6, 6.07) is 10.2. The number of likely N-dealkylation sites (tertiary alicyclic amines) is 1. The summed E-state index contributed by atoms with van der Waals surface area (Å²) >= 11 is 0. The van der Waals surface area contributed by atoms with Gasteiger partial charge in [-0.25, -0.2) is 0 Å². The zero-order valence-corrected chi connectivity index (χ0v) is 15.2. The first-order chi connectivity index (χ1) is 12.2. The van der Waals surface area contributed by atoms with Crippen molar-refractivity contribution in [2.45, 2.75) is 32.6 Å². The lowest BCUT2D eigenvalue weighted by Gasteiger charge is -2.34. The van der Waals surface area contributed by atoms with Crippen LogP contribution in [-0.2, 0) is 4.79 Å². The minimum atomic E-state index is -0.208. The molecule has 4 N–H and O–H groups in total. The zero-order chi connectivity index (χ0) is 17.9. The Morgan fingerprint density at radius 1 is 1.36 bits per heavy atom. The van der Waals surface area contributed by atoms with Gasteiger partial charge in [0.1, 0.15) is 0 Å². The third-order valence-corrected chi connectivity index (χ3v) is 4.34. The highest BCUT2D eigenvalue weighted by atomic mass is 16.1. The lowest BCUT2D eigenvalue weighted by molar-refractivity contribution is -0.119. The van der Waals surface area contributed by atoms with E-state index in [1.807, 2.05) is 18.2 Å². The summed E-state index contributed by atoms with van der Waals surface area (Å²) < 4.78 is 0. The van der Waals surface area contributed by atoms with Gasteiger partial charge >= 0.3 is 0 Å². The normalized spacial score (nSPS) is 18.0. The molecular formula is C19H31N5O. The standard InChI is InChI=1S/C19H31N5O/c1-2-21-19(24-13-6-8-16(15-24)14-18(20)25)23-12-7-11-22-17-9-4-3-5-10-17/h3-5,9-10,16,22H,2,6-8,11-15H2,1H3,(H2,20,25)(H,21,23). The quantitative estimate of drug-likeness (QED) is 0.382. The van der Waals surface area contributed by atoms with E-state index in [0.717, 1.165) is 63.6 Å². The molecule has 1 fully saturated rings. The maximum absolute atomic E-state index is 11.2. The van der Waals surface area contributed by atoms with Crippen molar-refractivity contribution in [2.24, 2.45) is 16.6 Å². The number of nitrogens with zero attached hydrogens (tertiary/aromatic N) is 2. The molecule has 0 saturated carbocycles. The summed E-state index contributed by atoms with van der Waals surface area (Å²) in [6.45, 7) is 6.45. The number of benzene rings is 1. The Morgan fingerprint density at radius 2 is 2.16 bits per heavy atom. The number of hydrogen-bond acceptors (Lipinski definition) is 3. The van der Waals surface area contributed by atoms with Gasteiger partial charge in [-0.05, 0) is 44.2 Å². The third kappa shape index (κ3) is 7.03. The molecule has 25 heavy (non-hydrogen) atoms. The lowest BCUT2D eigenvalue weighted by Crippen LogP contribution is -2.47. The lowest BCUT2D eigenvalue weighted by atomic mass is 9.95. The molecule has 1 aliphatic heterocycles. The van der Waals surface area contributed by atoms with Crippen LogP contribution in [0.2, 0.25) is 0 Å². The first kappa shape index (κ1) is 19.1. The molecule has 1 aromatic rings. The SMILES string of the molecule is CCNC(=NCCCNc1ccccc1)N1CCCC(CC(N)=O)C1. The number of amides is 1. The average molecular weight is 345 g/mol. The molecule has 6 heteroatoms. The zero-order valence-electron chi connectivity index (χ0n) is 15.2. The van der Waals surface area contributed by atoms with Gasteiger partial charge in [0.05, 0.1) is 0 Å². The van der Waals surface area contributed by atoms with E-state index in [1.54, 1.807) is 0 Å². The van der Waals surface area contributed by atoms with Crippen LogP contribution in [0, 0.1) is 5.92 Å². The van der Waals surface area contributed by atoms with Crippen LogP contribution in [-0.4, -0.2) is 49.5 Å². The minimum absolute atomic E-state index is 0.208. The number of hydrogen-bond donors (Lipinski definition) is 3. The predicted octanol–water partition coefficient (Wildman–Crippen LogP) is 2.04. The number of rotatable bonds is 8. The van der Waals surface area contributed by atoms with Crippen LogP contribution in [0.1, 0.15) is 32.6 Å². The van der Waals surface area contributed by atoms with Gasteiger partial charge < -0.3 is 21.3 Å². The third-order valence-electron chi connectivity index (χ3n) is 4.34. The van der Waals surface area contributed by atoms with Crippen LogP contribution in [0.25, 0.3) is 0 Å². The Labute approximate surface area is 150 Å². The maximum Gasteiger partial charge on any atom is 0.217 e. The largest absolute Gasteiger partial charge is 0.385 e. The second kappa shape index (κ2) is 10.6. The molecule has 0 bridgehead atoms. The number of nitrogens with two attached hydrogens (primary N) is 1. The number of anilines is 1. The van der Waals surface area contributed by atoms with Crippen LogP contribution >= 0.6 is 0 Å². The fourth-order valence-corrected chi connectivity index (χ4v) is 3.19. The van der Waals surface area contributed by atoms with E-state index >= 15 is 0 Å². The van der Waals surface area contributed by atoms with Crippen molar-refractivity contribution >= 4 is 17.6 Å². The van der Waals surface area contributed by atoms with Crippen molar-refractivity contribution in [1.29, 1.82) is 0 Å². The molecule has 1 amide bonds. The van der Waals surface area contributed by atoms with E-state index in [9.17, 15) is 4.79 Å². The predicted molar refractivity (Wildman–Crippen MR) is 104 cm³/mol. The van der Waals surface area contributed by atoms with E-state index in [4.69, 9.17) is 10.7 Å². The van der Waals surface area contributed by atoms with Crippen molar-refractivity contribution < 1.29 is 4.79 Å². The molecule has 138 valence electrons. The fourth-order valence-electron chi connectivity index (χ4n) is 3.19. The summed E-state index contributed by atoms with van der Waals surface area (Å²) in [5.74, 6) is 1.09. The molecule has 0 spiro atoms. The number of nitrogens with one attached hydrogen (secondary N) is 2. The molecular weight excluding hydrogens is 314 g/mol. The van der Waals surface area contributed by atoms with E-state index in [2.05, 4.69) is 34.6 Å². The molecule has 1 heterocycles. The van der Waals surface area contributed by atoms with Gasteiger partial charge in [-0.2, -0.15) is 0 Å². The molecule has 6 nitrogen and oxygen atoms in total. The number of aliphatic imine (C=N–C) groups is 1. The van der Waals surface area contributed by atoms with Crippen molar-refractivity contribution in [3.8, 4) is 0 Å². The van der Waals surface area contributed by atoms with Gasteiger partial charge in [-0.15, -0.1) is 0 Å². The van der Waals surface area contributed by atoms with Crippen molar-refractivity contribution in [2.75, 3.05) is 38.0 Å². The highest BCUT2D eigenvalue weighted by molar-refractivity contribution is 5.80. The van der Waals surface area contributed by atoms with E-state index < -0.39 is 0 Å². The van der Waals surface area contributed by atoms with E-state index in [0.29, 0.717) is 12.3 Å². The highest BCUT2D eigenvalue weighted by Crippen LogP contribution is 2.19. The van der Waals surface area contributed by atoms with Gasteiger partial charge in [0, 0.05) is 44.8 Å². The molecule has 1 aliphatic rings. The number of guanidine groups is 1. The van der Waals surface area contributed by atoms with Gasteiger partial charge in [0.15, 0.2) is 5.96 Å². The second-order valence-electron chi connectivity index (χ2n) is 6.51. The Hall–Kier alpha value is -2.24. The molecule has 0 aromatic heterocycles. The summed E-state index contributed by atoms with van der Waals surface area (Å²) in [7, 11) is 0. The first-order valence-corrected chi connectivity index (χ1v) is 9.29. The molecule has 1 unspecified atom stereocenters. The number of piperidine rings is 1. The second-order valence-corrected chi connectivity index (χ2v) is 6.51. The van der Waals surface area contributed by atoms with Crippen molar-refractivity contribution in [3.05, 3.63) is 30.3 Å². The number of carbonyl (C=O) groups is 1. The Kier molecular flexibility index (Phi) is 8.09. The van der Waals surface area contributed by atoms with Gasteiger partial charge in [-0.3, -0.25) is 9.79 Å². The molecule has 1 atom stereocenters. The van der Waals surface area contributed by atoms with Crippen LogP contribution in [0.5, 0.6) is 0 Å². The summed E-state index contributed by atoms with van der Waals surface area (Å²) in [6.07, 6.45) is 3.59. The highest BCUT2D eigenvalue weighted by Gasteiger charge is 2.23. The number of para-hydroxylation sites is 1. The molecule has 2 rings (SSSR count). The maximum atomic E-state index is 11.2. The molecule has 0 aliphatic carbocycles. The van der Waals surface area contributed by atoms with Crippen molar-refractivity contribution in [1.82, 2.24) is 10.2 Å². The van der Waals surface area contributed by atoms with Crippen molar-refractivity contribution in [3.63, 3.8) is 0 Å². The van der Waals surface area contributed by atoms with Gasteiger partial charge in [0.2, 0.25) is 5.91 Å². The summed E-state index contributed by atoms with van der Waals surface area (Å²) in [4.78, 5) is 18.2. The Bertz CT molecular complexity index is 546. The van der Waals surface area contributed by atoms with Crippen LogP contribution < -0.4 is 16.4 Å². The number of primary amides is 1.